The zero-order valence-electron chi connectivity index (χ0n) is 15.1. The predicted octanol–water partition coefficient (Wildman–Crippen LogP) is 3.94. The normalized spacial score (nSPS) is 17.1. The summed E-state index contributed by atoms with van der Waals surface area (Å²) in [5.74, 6) is 1.11. The monoisotopic (exact) mass is 383 g/mol. The Hall–Kier alpha value is -2.74. The minimum atomic E-state index is -0.156. The van der Waals surface area contributed by atoms with Crippen molar-refractivity contribution in [2.24, 2.45) is 0 Å². The summed E-state index contributed by atoms with van der Waals surface area (Å²) in [6.07, 6.45) is 2.86. The maximum absolute atomic E-state index is 12.7. The van der Waals surface area contributed by atoms with Gasteiger partial charge < -0.3 is 14.7 Å². The number of nitrogens with zero attached hydrogens (tertiary/aromatic N) is 4. The number of carbonyl (C=O) groups is 1. The minimum Gasteiger partial charge on any atom is -0.337 e. The SMILES string of the molecule is Cc1noc([C@@H]2CCCCN2C(=O)NCc2nc(-c3ccccc3)cs2)n1. The highest BCUT2D eigenvalue weighted by molar-refractivity contribution is 7.09. The molecule has 27 heavy (non-hydrogen) atoms. The Morgan fingerprint density at radius 3 is 2.93 bits per heavy atom. The van der Waals surface area contributed by atoms with Crippen LogP contribution in [0.2, 0.25) is 0 Å². The molecule has 0 aliphatic carbocycles. The van der Waals surface area contributed by atoms with E-state index in [0.717, 1.165) is 35.5 Å². The van der Waals surface area contributed by atoms with E-state index in [2.05, 4.69) is 20.4 Å². The molecular weight excluding hydrogens is 362 g/mol. The molecule has 1 atom stereocenters. The lowest BCUT2D eigenvalue weighted by Crippen LogP contribution is -2.44. The van der Waals surface area contributed by atoms with Crippen LogP contribution in [0.4, 0.5) is 4.79 Å². The minimum absolute atomic E-state index is 0.119. The van der Waals surface area contributed by atoms with E-state index in [4.69, 9.17) is 4.52 Å². The maximum Gasteiger partial charge on any atom is 0.318 e. The first-order chi connectivity index (χ1) is 13.2. The summed E-state index contributed by atoms with van der Waals surface area (Å²) in [6.45, 7) is 2.88. The number of amides is 2. The van der Waals surface area contributed by atoms with Crippen molar-refractivity contribution in [1.82, 2.24) is 25.3 Å². The quantitative estimate of drug-likeness (QED) is 0.738. The fraction of sp³-hybridized carbons (Fsp3) is 0.368. The van der Waals surface area contributed by atoms with E-state index >= 15 is 0 Å². The molecule has 4 rings (SSSR count). The van der Waals surface area contributed by atoms with Gasteiger partial charge in [-0.25, -0.2) is 9.78 Å². The number of thiazole rings is 1. The number of hydrogen-bond donors (Lipinski definition) is 1. The van der Waals surface area contributed by atoms with E-state index in [-0.39, 0.29) is 12.1 Å². The number of urea groups is 1. The molecule has 8 heteroatoms. The first-order valence-electron chi connectivity index (χ1n) is 9.05. The molecule has 1 saturated heterocycles. The number of carbonyl (C=O) groups excluding carboxylic acids is 1. The summed E-state index contributed by atoms with van der Waals surface area (Å²) in [6, 6.07) is 9.75. The molecule has 2 amide bonds. The Bertz CT molecular complexity index is 908. The number of rotatable bonds is 4. The van der Waals surface area contributed by atoms with E-state index < -0.39 is 0 Å². The average molecular weight is 383 g/mol. The molecule has 140 valence electrons. The number of nitrogens with one attached hydrogen (secondary N) is 1. The van der Waals surface area contributed by atoms with Crippen molar-refractivity contribution in [3.8, 4) is 11.3 Å². The maximum atomic E-state index is 12.7. The van der Waals surface area contributed by atoms with Gasteiger partial charge >= 0.3 is 6.03 Å². The summed E-state index contributed by atoms with van der Waals surface area (Å²) in [5.41, 5.74) is 2.01. The van der Waals surface area contributed by atoms with Gasteiger partial charge in [-0.1, -0.05) is 35.5 Å². The van der Waals surface area contributed by atoms with Crippen molar-refractivity contribution in [3.05, 3.63) is 52.4 Å². The lowest BCUT2D eigenvalue weighted by molar-refractivity contribution is 0.131. The molecule has 3 heterocycles. The van der Waals surface area contributed by atoms with Crippen LogP contribution < -0.4 is 5.32 Å². The summed E-state index contributed by atoms with van der Waals surface area (Å²) in [7, 11) is 0. The summed E-state index contributed by atoms with van der Waals surface area (Å²) < 4.78 is 5.31. The molecule has 1 fully saturated rings. The summed E-state index contributed by atoms with van der Waals surface area (Å²) >= 11 is 1.55. The van der Waals surface area contributed by atoms with E-state index in [9.17, 15) is 4.79 Å². The zero-order chi connectivity index (χ0) is 18.6. The third kappa shape index (κ3) is 4.00. The molecule has 1 aromatic carbocycles. The Morgan fingerprint density at radius 2 is 2.15 bits per heavy atom. The average Bonchev–Trinajstić information content (AvgIpc) is 3.36. The Labute approximate surface area is 161 Å². The summed E-state index contributed by atoms with van der Waals surface area (Å²) in [5, 5.41) is 9.74. The molecular formula is C19H21N5O2S. The van der Waals surface area contributed by atoms with Crippen molar-refractivity contribution in [3.63, 3.8) is 0 Å². The van der Waals surface area contributed by atoms with Crippen molar-refractivity contribution in [2.75, 3.05) is 6.54 Å². The van der Waals surface area contributed by atoms with Gasteiger partial charge in [0.15, 0.2) is 5.82 Å². The fourth-order valence-corrected chi connectivity index (χ4v) is 4.01. The van der Waals surface area contributed by atoms with Gasteiger partial charge in [-0.15, -0.1) is 11.3 Å². The van der Waals surface area contributed by atoms with Gasteiger partial charge in [0.1, 0.15) is 11.0 Å². The molecule has 0 radical (unpaired) electrons. The highest BCUT2D eigenvalue weighted by Crippen LogP contribution is 2.30. The van der Waals surface area contributed by atoms with Crippen LogP contribution >= 0.6 is 11.3 Å². The van der Waals surface area contributed by atoms with Crippen LogP contribution in [0.15, 0.2) is 40.2 Å². The van der Waals surface area contributed by atoms with Crippen molar-refractivity contribution in [2.45, 2.75) is 38.8 Å². The standard InChI is InChI=1S/C19H21N5O2S/c1-13-21-18(26-23-13)16-9-5-6-10-24(16)19(25)20-11-17-22-15(12-27-17)14-7-3-2-4-8-14/h2-4,7-8,12,16H,5-6,9-11H2,1H3,(H,20,25)/t16-/m0/s1. The number of aromatic nitrogens is 3. The molecule has 7 nitrogen and oxygen atoms in total. The third-order valence-electron chi connectivity index (χ3n) is 4.60. The molecule has 0 saturated carbocycles. The van der Waals surface area contributed by atoms with E-state index in [1.807, 2.05) is 35.7 Å². The van der Waals surface area contributed by atoms with Gasteiger partial charge in [-0.2, -0.15) is 4.98 Å². The number of hydrogen-bond acceptors (Lipinski definition) is 6. The molecule has 1 N–H and O–H groups in total. The molecule has 0 spiro atoms. The predicted molar refractivity (Wildman–Crippen MR) is 102 cm³/mol. The highest BCUT2D eigenvalue weighted by atomic mass is 32.1. The fourth-order valence-electron chi connectivity index (χ4n) is 3.27. The third-order valence-corrected chi connectivity index (χ3v) is 5.45. The molecule has 0 bridgehead atoms. The highest BCUT2D eigenvalue weighted by Gasteiger charge is 2.31. The second-order valence-electron chi connectivity index (χ2n) is 6.54. The number of likely N-dealkylation sites (tertiary alicyclic amines) is 1. The van der Waals surface area contributed by atoms with Gasteiger partial charge in [-0.05, 0) is 26.2 Å². The lowest BCUT2D eigenvalue weighted by atomic mass is 10.0. The lowest BCUT2D eigenvalue weighted by Gasteiger charge is -2.33. The van der Waals surface area contributed by atoms with Crippen LogP contribution in [0, 0.1) is 6.92 Å². The van der Waals surface area contributed by atoms with Gasteiger partial charge in [0.25, 0.3) is 0 Å². The van der Waals surface area contributed by atoms with Crippen LogP contribution in [-0.2, 0) is 6.54 Å². The van der Waals surface area contributed by atoms with Crippen LogP contribution in [0.5, 0.6) is 0 Å². The number of aryl methyl sites for hydroxylation is 1. The molecule has 2 aromatic heterocycles. The van der Waals surface area contributed by atoms with Gasteiger partial charge in [0.2, 0.25) is 5.89 Å². The van der Waals surface area contributed by atoms with Gasteiger partial charge in [-0.3, -0.25) is 0 Å². The van der Waals surface area contributed by atoms with Crippen LogP contribution in [0.1, 0.15) is 42.0 Å². The van der Waals surface area contributed by atoms with Crippen LogP contribution in [-0.4, -0.2) is 32.6 Å². The first-order valence-corrected chi connectivity index (χ1v) is 9.93. The van der Waals surface area contributed by atoms with Crippen LogP contribution in [0.25, 0.3) is 11.3 Å². The molecule has 1 aliphatic heterocycles. The van der Waals surface area contributed by atoms with Crippen molar-refractivity contribution in [1.29, 1.82) is 0 Å². The molecule has 0 unspecified atom stereocenters. The van der Waals surface area contributed by atoms with E-state index in [0.29, 0.717) is 24.8 Å². The van der Waals surface area contributed by atoms with Crippen LogP contribution in [0.3, 0.4) is 0 Å². The second kappa shape index (κ2) is 7.87. The van der Waals surface area contributed by atoms with Crippen molar-refractivity contribution < 1.29 is 9.32 Å². The number of benzene rings is 1. The Balaban J connectivity index is 1.40. The molecule has 1 aliphatic rings. The largest absolute Gasteiger partial charge is 0.337 e. The second-order valence-corrected chi connectivity index (χ2v) is 7.48. The van der Waals surface area contributed by atoms with Crippen molar-refractivity contribution >= 4 is 17.4 Å². The Kier molecular flexibility index (Phi) is 5.15. The molecule has 3 aromatic rings. The smallest absolute Gasteiger partial charge is 0.318 e. The number of piperidine rings is 1. The first kappa shape index (κ1) is 17.7. The summed E-state index contributed by atoms with van der Waals surface area (Å²) in [4.78, 5) is 23.5. The Morgan fingerprint density at radius 1 is 1.30 bits per heavy atom. The van der Waals surface area contributed by atoms with Gasteiger partial charge in [0.05, 0.1) is 12.2 Å². The topological polar surface area (TPSA) is 84.2 Å². The zero-order valence-corrected chi connectivity index (χ0v) is 15.9. The van der Waals surface area contributed by atoms with E-state index in [1.165, 1.54) is 0 Å². The van der Waals surface area contributed by atoms with Gasteiger partial charge in [0, 0.05) is 17.5 Å². The van der Waals surface area contributed by atoms with E-state index in [1.54, 1.807) is 23.2 Å².